The third-order valence-corrected chi connectivity index (χ3v) is 5.60. The van der Waals surface area contributed by atoms with Crippen LogP contribution in [0.25, 0.3) is 11.3 Å². The maximum atomic E-state index is 12.6. The molecule has 1 aliphatic heterocycles. The van der Waals surface area contributed by atoms with Crippen molar-refractivity contribution in [3.8, 4) is 11.3 Å². The highest BCUT2D eigenvalue weighted by Gasteiger charge is 2.29. The van der Waals surface area contributed by atoms with Crippen molar-refractivity contribution < 1.29 is 18.4 Å². The number of carbonyl (C=O) groups is 2. The van der Waals surface area contributed by atoms with Gasteiger partial charge < -0.3 is 19.1 Å². The molecule has 1 N–H and O–H groups in total. The molecule has 1 atom stereocenters. The van der Waals surface area contributed by atoms with Crippen LogP contribution in [0.5, 0.6) is 0 Å². The molecule has 3 aromatic rings. The lowest BCUT2D eigenvalue weighted by molar-refractivity contribution is -0.126. The highest BCUT2D eigenvalue weighted by atomic mass is 79.9. The topological polar surface area (TPSA) is 75.7 Å². The summed E-state index contributed by atoms with van der Waals surface area (Å²) in [7, 11) is 0. The molecular formula is C22H21BrN2O4. The van der Waals surface area contributed by atoms with E-state index in [1.807, 2.05) is 36.4 Å². The van der Waals surface area contributed by atoms with Crippen LogP contribution in [0.1, 0.15) is 29.0 Å². The molecule has 1 fully saturated rings. The lowest BCUT2D eigenvalue weighted by Crippen LogP contribution is -2.45. The Labute approximate surface area is 177 Å². The highest BCUT2D eigenvalue weighted by Crippen LogP contribution is 2.24. The van der Waals surface area contributed by atoms with E-state index in [1.54, 1.807) is 11.0 Å². The molecule has 3 heterocycles. The first-order chi connectivity index (χ1) is 14.1. The molecular weight excluding hydrogens is 436 g/mol. The quantitative estimate of drug-likeness (QED) is 0.614. The fourth-order valence-corrected chi connectivity index (χ4v) is 3.77. The first-order valence-corrected chi connectivity index (χ1v) is 10.3. The number of piperidine rings is 1. The van der Waals surface area contributed by atoms with Crippen LogP contribution in [0, 0.1) is 5.92 Å². The molecule has 1 aliphatic rings. The Balaban J connectivity index is 1.32. The van der Waals surface area contributed by atoms with Crippen LogP contribution in [-0.2, 0) is 11.3 Å². The van der Waals surface area contributed by atoms with Gasteiger partial charge in [0.2, 0.25) is 5.91 Å². The van der Waals surface area contributed by atoms with E-state index in [2.05, 4.69) is 21.2 Å². The zero-order valence-corrected chi connectivity index (χ0v) is 17.4. The van der Waals surface area contributed by atoms with Crippen LogP contribution in [0.3, 0.4) is 0 Å². The largest absolute Gasteiger partial charge is 0.472 e. The van der Waals surface area contributed by atoms with Gasteiger partial charge in [0.25, 0.3) is 5.91 Å². The summed E-state index contributed by atoms with van der Waals surface area (Å²) in [6, 6.07) is 13.3. The molecule has 1 unspecified atom stereocenters. The van der Waals surface area contributed by atoms with Gasteiger partial charge in [0, 0.05) is 23.1 Å². The predicted octanol–water partition coefficient (Wildman–Crippen LogP) is 4.47. The van der Waals surface area contributed by atoms with Crippen LogP contribution in [0.2, 0.25) is 0 Å². The van der Waals surface area contributed by atoms with Crippen molar-refractivity contribution in [2.75, 3.05) is 13.1 Å². The molecule has 2 aromatic heterocycles. The van der Waals surface area contributed by atoms with E-state index < -0.39 is 0 Å². The SMILES string of the molecule is O=C(NCc1ccc(-c2ccc(Br)cc2)o1)C1CCCN(C(=O)c2ccoc2)C1. The molecule has 1 aromatic carbocycles. The number of benzene rings is 1. The van der Waals surface area contributed by atoms with Crippen molar-refractivity contribution in [3.63, 3.8) is 0 Å². The van der Waals surface area contributed by atoms with E-state index >= 15 is 0 Å². The number of amides is 2. The Kier molecular flexibility index (Phi) is 5.85. The molecule has 150 valence electrons. The molecule has 4 rings (SSSR count). The number of furan rings is 2. The van der Waals surface area contributed by atoms with Crippen LogP contribution in [0.4, 0.5) is 0 Å². The zero-order chi connectivity index (χ0) is 20.2. The Bertz CT molecular complexity index is 979. The predicted molar refractivity (Wildman–Crippen MR) is 111 cm³/mol. The van der Waals surface area contributed by atoms with Crippen LogP contribution < -0.4 is 5.32 Å². The molecule has 0 aliphatic carbocycles. The minimum Gasteiger partial charge on any atom is -0.472 e. The average Bonchev–Trinajstić information content (AvgIpc) is 3.44. The van der Waals surface area contributed by atoms with E-state index in [0.29, 0.717) is 31.0 Å². The first-order valence-electron chi connectivity index (χ1n) is 9.54. The second-order valence-electron chi connectivity index (χ2n) is 7.09. The first kappa shape index (κ1) is 19.5. The van der Waals surface area contributed by atoms with Crippen LogP contribution >= 0.6 is 15.9 Å². The van der Waals surface area contributed by atoms with Gasteiger partial charge in [0.1, 0.15) is 17.8 Å². The Morgan fingerprint density at radius 2 is 1.97 bits per heavy atom. The van der Waals surface area contributed by atoms with Crippen LogP contribution in [-0.4, -0.2) is 29.8 Å². The Morgan fingerprint density at radius 1 is 1.14 bits per heavy atom. The summed E-state index contributed by atoms with van der Waals surface area (Å²) in [4.78, 5) is 26.8. The molecule has 2 amide bonds. The zero-order valence-electron chi connectivity index (χ0n) is 15.8. The fourth-order valence-electron chi connectivity index (χ4n) is 3.51. The van der Waals surface area contributed by atoms with E-state index in [1.165, 1.54) is 12.5 Å². The third-order valence-electron chi connectivity index (χ3n) is 5.07. The summed E-state index contributed by atoms with van der Waals surface area (Å²) in [6.07, 6.45) is 4.48. The van der Waals surface area contributed by atoms with E-state index in [4.69, 9.17) is 8.83 Å². The summed E-state index contributed by atoms with van der Waals surface area (Å²) in [5, 5.41) is 2.94. The molecule has 0 saturated carbocycles. The van der Waals surface area contributed by atoms with E-state index in [9.17, 15) is 9.59 Å². The molecule has 7 heteroatoms. The van der Waals surface area contributed by atoms with Gasteiger partial charge in [-0.1, -0.05) is 28.1 Å². The second-order valence-corrected chi connectivity index (χ2v) is 8.01. The lowest BCUT2D eigenvalue weighted by atomic mass is 9.96. The van der Waals surface area contributed by atoms with Gasteiger partial charge in [0.05, 0.1) is 24.3 Å². The summed E-state index contributed by atoms with van der Waals surface area (Å²) in [5.41, 5.74) is 1.49. The van der Waals surface area contributed by atoms with Crippen molar-refractivity contribution in [2.24, 2.45) is 5.92 Å². The Hall–Kier alpha value is -2.80. The molecule has 6 nitrogen and oxygen atoms in total. The second kappa shape index (κ2) is 8.69. The van der Waals surface area contributed by atoms with Gasteiger partial charge in [-0.15, -0.1) is 0 Å². The number of nitrogens with one attached hydrogen (secondary N) is 1. The summed E-state index contributed by atoms with van der Waals surface area (Å²) >= 11 is 3.42. The molecule has 1 saturated heterocycles. The maximum Gasteiger partial charge on any atom is 0.257 e. The van der Waals surface area contributed by atoms with Crippen molar-refractivity contribution in [1.29, 1.82) is 0 Å². The fraction of sp³-hybridized carbons (Fsp3) is 0.273. The van der Waals surface area contributed by atoms with E-state index in [-0.39, 0.29) is 17.7 Å². The Morgan fingerprint density at radius 3 is 2.72 bits per heavy atom. The number of rotatable bonds is 5. The lowest BCUT2D eigenvalue weighted by Gasteiger charge is -2.31. The van der Waals surface area contributed by atoms with Gasteiger partial charge in [0.15, 0.2) is 0 Å². The summed E-state index contributed by atoms with van der Waals surface area (Å²) < 4.78 is 11.8. The third kappa shape index (κ3) is 4.62. The van der Waals surface area contributed by atoms with Crippen molar-refractivity contribution in [1.82, 2.24) is 10.2 Å². The maximum absolute atomic E-state index is 12.6. The monoisotopic (exact) mass is 456 g/mol. The van der Waals surface area contributed by atoms with Gasteiger partial charge >= 0.3 is 0 Å². The molecule has 29 heavy (non-hydrogen) atoms. The smallest absolute Gasteiger partial charge is 0.257 e. The summed E-state index contributed by atoms with van der Waals surface area (Å²) in [5.74, 6) is 1.08. The van der Waals surface area contributed by atoms with Crippen molar-refractivity contribution in [3.05, 3.63) is 70.8 Å². The number of halogens is 1. The molecule has 0 bridgehead atoms. The van der Waals surface area contributed by atoms with Gasteiger partial charge in [-0.25, -0.2) is 0 Å². The average molecular weight is 457 g/mol. The molecule has 0 radical (unpaired) electrons. The highest BCUT2D eigenvalue weighted by molar-refractivity contribution is 9.10. The number of carbonyl (C=O) groups excluding carboxylic acids is 2. The van der Waals surface area contributed by atoms with Crippen molar-refractivity contribution in [2.45, 2.75) is 19.4 Å². The number of likely N-dealkylation sites (tertiary alicyclic amines) is 1. The van der Waals surface area contributed by atoms with E-state index in [0.717, 1.165) is 28.6 Å². The van der Waals surface area contributed by atoms with Gasteiger partial charge in [-0.3, -0.25) is 9.59 Å². The minimum atomic E-state index is -0.222. The number of hydrogen-bond acceptors (Lipinski definition) is 4. The van der Waals surface area contributed by atoms with Crippen molar-refractivity contribution >= 4 is 27.7 Å². The van der Waals surface area contributed by atoms with Gasteiger partial charge in [-0.05, 0) is 43.2 Å². The molecule has 0 spiro atoms. The van der Waals surface area contributed by atoms with Crippen LogP contribution in [0.15, 0.2) is 68.3 Å². The normalized spacial score (nSPS) is 16.6. The number of nitrogens with zero attached hydrogens (tertiary/aromatic N) is 1. The van der Waals surface area contributed by atoms with Gasteiger partial charge in [-0.2, -0.15) is 0 Å². The summed E-state index contributed by atoms with van der Waals surface area (Å²) in [6.45, 7) is 1.39. The minimum absolute atomic E-state index is 0.0590. The standard InChI is InChI=1S/C22H21BrN2O4/c23-18-5-3-15(4-6-18)20-8-7-19(29-20)12-24-21(26)16-2-1-10-25(13-16)22(27)17-9-11-28-14-17/h3-9,11,14,16H,1-2,10,12-13H2,(H,24,26). The number of hydrogen-bond donors (Lipinski definition) is 1.